The first-order chi connectivity index (χ1) is 7.23. The zero-order valence-corrected chi connectivity index (χ0v) is 10.6. The third-order valence-electron chi connectivity index (χ3n) is 3.06. The number of hydrogen-bond donors (Lipinski definition) is 1. The van der Waals surface area contributed by atoms with Crippen molar-refractivity contribution in [3.63, 3.8) is 0 Å². The molecule has 0 aliphatic carbocycles. The Labute approximate surface area is 95.9 Å². The minimum absolute atomic E-state index is 0.0380. The molecule has 0 amide bonds. The Hall–Kier alpha value is -0.660. The number of likely N-dealkylation sites (N-methyl/N-ethyl adjacent to an activating group) is 1. The number of carbonyl (C=O) groups is 1. The van der Waals surface area contributed by atoms with Crippen molar-refractivity contribution in [3.8, 4) is 0 Å². The summed E-state index contributed by atoms with van der Waals surface area (Å²) in [6.45, 7) is 2.74. The third kappa shape index (κ3) is 2.93. The van der Waals surface area contributed by atoms with E-state index in [0.29, 0.717) is 13.1 Å². The first-order valence-corrected chi connectivity index (χ1v) is 6.97. The normalized spacial score (nSPS) is 29.2. The van der Waals surface area contributed by atoms with Gasteiger partial charge in [0, 0.05) is 25.2 Å². The molecule has 1 aliphatic rings. The molecule has 0 saturated carbocycles. The maximum Gasteiger partial charge on any atom is 0.304 e. The van der Waals surface area contributed by atoms with Crippen LogP contribution in [0.25, 0.3) is 0 Å². The number of sulfonamides is 1. The van der Waals surface area contributed by atoms with Crippen LogP contribution in [0, 0.1) is 0 Å². The molecule has 0 aromatic rings. The summed E-state index contributed by atoms with van der Waals surface area (Å²) in [5.74, 6) is -0.904. The van der Waals surface area contributed by atoms with Crippen LogP contribution in [0.2, 0.25) is 0 Å². The summed E-state index contributed by atoms with van der Waals surface area (Å²) in [4.78, 5) is 12.6. The molecule has 0 aromatic heterocycles. The second-order valence-corrected chi connectivity index (χ2v) is 6.20. The predicted octanol–water partition coefficient (Wildman–Crippen LogP) is -0.575. The molecule has 1 fully saturated rings. The third-order valence-corrected chi connectivity index (χ3v) is 4.43. The number of carboxylic acid groups (broad SMARTS) is 1. The molecular weight excluding hydrogens is 232 g/mol. The molecule has 16 heavy (non-hydrogen) atoms. The van der Waals surface area contributed by atoms with Gasteiger partial charge in [-0.25, -0.2) is 8.42 Å². The molecular formula is C9H18N2O4S. The van der Waals surface area contributed by atoms with Gasteiger partial charge < -0.3 is 5.11 Å². The highest BCUT2D eigenvalue weighted by atomic mass is 32.2. The zero-order chi connectivity index (χ0) is 12.5. The van der Waals surface area contributed by atoms with Crippen molar-refractivity contribution in [1.82, 2.24) is 9.21 Å². The highest BCUT2D eigenvalue weighted by Crippen LogP contribution is 2.20. The second kappa shape index (κ2) is 4.68. The quantitative estimate of drug-likeness (QED) is 0.725. The molecule has 1 heterocycles. The van der Waals surface area contributed by atoms with E-state index in [4.69, 9.17) is 5.11 Å². The van der Waals surface area contributed by atoms with E-state index in [2.05, 4.69) is 0 Å². The Morgan fingerprint density at radius 2 is 2.00 bits per heavy atom. The summed E-state index contributed by atoms with van der Waals surface area (Å²) in [7, 11) is -1.43. The Morgan fingerprint density at radius 1 is 1.44 bits per heavy atom. The second-order valence-electron chi connectivity index (χ2n) is 4.26. The highest BCUT2D eigenvalue weighted by molar-refractivity contribution is 7.88. The van der Waals surface area contributed by atoms with Gasteiger partial charge in [-0.2, -0.15) is 4.31 Å². The zero-order valence-electron chi connectivity index (χ0n) is 9.75. The fourth-order valence-corrected chi connectivity index (χ4v) is 3.32. The SMILES string of the molecule is C[C@H]1[C@H](CC(=O)O)N(C)CCN1S(C)(=O)=O. The van der Waals surface area contributed by atoms with Gasteiger partial charge in [0.05, 0.1) is 12.7 Å². The number of piperazine rings is 1. The van der Waals surface area contributed by atoms with E-state index in [1.165, 1.54) is 4.31 Å². The predicted molar refractivity (Wildman–Crippen MR) is 59.7 cm³/mol. The van der Waals surface area contributed by atoms with E-state index in [1.807, 2.05) is 11.9 Å². The van der Waals surface area contributed by atoms with Crippen molar-refractivity contribution >= 4 is 16.0 Å². The van der Waals surface area contributed by atoms with Crippen LogP contribution in [0.3, 0.4) is 0 Å². The number of rotatable bonds is 3. The molecule has 7 heteroatoms. The summed E-state index contributed by atoms with van der Waals surface area (Å²) in [6.07, 6.45) is 1.12. The molecule has 0 spiro atoms. The van der Waals surface area contributed by atoms with Crippen LogP contribution in [0.1, 0.15) is 13.3 Å². The summed E-state index contributed by atoms with van der Waals surface area (Å²) in [5, 5.41) is 8.80. The lowest BCUT2D eigenvalue weighted by Gasteiger charge is -2.43. The van der Waals surface area contributed by atoms with Gasteiger partial charge in [-0.05, 0) is 14.0 Å². The summed E-state index contributed by atoms with van der Waals surface area (Å²) in [6, 6.07) is -0.564. The van der Waals surface area contributed by atoms with Gasteiger partial charge in [-0.15, -0.1) is 0 Å². The summed E-state index contributed by atoms with van der Waals surface area (Å²) < 4.78 is 24.4. The number of nitrogens with zero attached hydrogens (tertiary/aromatic N) is 2. The van der Waals surface area contributed by atoms with E-state index in [1.54, 1.807) is 6.92 Å². The van der Waals surface area contributed by atoms with Crippen molar-refractivity contribution in [3.05, 3.63) is 0 Å². The minimum Gasteiger partial charge on any atom is -0.481 e. The summed E-state index contributed by atoms with van der Waals surface area (Å²) >= 11 is 0. The first kappa shape index (κ1) is 13.4. The molecule has 94 valence electrons. The van der Waals surface area contributed by atoms with Crippen LogP contribution in [0.5, 0.6) is 0 Å². The smallest absolute Gasteiger partial charge is 0.304 e. The topological polar surface area (TPSA) is 77.9 Å². The van der Waals surface area contributed by atoms with Gasteiger partial charge in [-0.1, -0.05) is 0 Å². The Balaban J connectivity index is 2.87. The molecule has 0 aromatic carbocycles. The summed E-state index contributed by atoms with van der Waals surface area (Å²) in [5.41, 5.74) is 0. The molecule has 0 unspecified atom stereocenters. The van der Waals surface area contributed by atoms with Crippen LogP contribution in [-0.4, -0.2) is 67.2 Å². The average molecular weight is 250 g/mol. The lowest BCUT2D eigenvalue weighted by molar-refractivity contribution is -0.139. The van der Waals surface area contributed by atoms with E-state index in [0.717, 1.165) is 6.26 Å². The Morgan fingerprint density at radius 3 is 2.44 bits per heavy atom. The van der Waals surface area contributed by atoms with Gasteiger partial charge in [0.25, 0.3) is 0 Å². The molecule has 1 saturated heterocycles. The molecule has 0 bridgehead atoms. The highest BCUT2D eigenvalue weighted by Gasteiger charge is 2.37. The van der Waals surface area contributed by atoms with Crippen LogP contribution < -0.4 is 0 Å². The molecule has 1 N–H and O–H groups in total. The molecule has 2 atom stereocenters. The standard InChI is InChI=1S/C9H18N2O4S/c1-7-8(6-9(12)13)10(2)4-5-11(7)16(3,14)15/h7-8H,4-6H2,1-3H3,(H,12,13)/t7-,8-/m0/s1. The van der Waals surface area contributed by atoms with Crippen LogP contribution in [0.15, 0.2) is 0 Å². The van der Waals surface area contributed by atoms with Gasteiger partial charge in [0.2, 0.25) is 10.0 Å². The van der Waals surface area contributed by atoms with Crippen molar-refractivity contribution in [2.24, 2.45) is 0 Å². The molecule has 1 rings (SSSR count). The van der Waals surface area contributed by atoms with E-state index < -0.39 is 16.0 Å². The Bertz CT molecular complexity index is 368. The first-order valence-electron chi connectivity index (χ1n) is 5.12. The Kier molecular flexibility index (Phi) is 3.92. The average Bonchev–Trinajstić information content (AvgIpc) is 2.09. The molecule has 1 aliphatic heterocycles. The van der Waals surface area contributed by atoms with Crippen molar-refractivity contribution in [2.75, 3.05) is 26.4 Å². The van der Waals surface area contributed by atoms with E-state index >= 15 is 0 Å². The molecule has 0 radical (unpaired) electrons. The van der Waals surface area contributed by atoms with E-state index in [-0.39, 0.29) is 18.5 Å². The van der Waals surface area contributed by atoms with Gasteiger partial charge in [-0.3, -0.25) is 9.69 Å². The molecule has 6 nitrogen and oxygen atoms in total. The number of hydrogen-bond acceptors (Lipinski definition) is 4. The largest absolute Gasteiger partial charge is 0.481 e. The van der Waals surface area contributed by atoms with Crippen LogP contribution in [-0.2, 0) is 14.8 Å². The fraction of sp³-hybridized carbons (Fsp3) is 0.889. The number of carboxylic acids is 1. The van der Waals surface area contributed by atoms with Crippen molar-refractivity contribution < 1.29 is 18.3 Å². The monoisotopic (exact) mass is 250 g/mol. The van der Waals surface area contributed by atoms with E-state index in [9.17, 15) is 13.2 Å². The lowest BCUT2D eigenvalue weighted by Crippen LogP contribution is -2.58. The maximum absolute atomic E-state index is 11.5. The number of aliphatic carboxylic acids is 1. The van der Waals surface area contributed by atoms with Crippen molar-refractivity contribution in [1.29, 1.82) is 0 Å². The van der Waals surface area contributed by atoms with Gasteiger partial charge in [0.15, 0.2) is 0 Å². The lowest BCUT2D eigenvalue weighted by atomic mass is 10.0. The fourth-order valence-electron chi connectivity index (χ4n) is 2.16. The van der Waals surface area contributed by atoms with Gasteiger partial charge >= 0.3 is 5.97 Å². The van der Waals surface area contributed by atoms with Crippen molar-refractivity contribution in [2.45, 2.75) is 25.4 Å². The maximum atomic E-state index is 11.5. The van der Waals surface area contributed by atoms with Gasteiger partial charge in [0.1, 0.15) is 0 Å². The van der Waals surface area contributed by atoms with Crippen LogP contribution >= 0.6 is 0 Å². The minimum atomic E-state index is -3.25. The van der Waals surface area contributed by atoms with Crippen LogP contribution in [0.4, 0.5) is 0 Å².